The SMILES string of the molecule is CN1CCCCC1CCNCc1ccc(Br)cc1. The molecular weight excluding hydrogens is 288 g/mol. The first-order valence-corrected chi connectivity index (χ1v) is 7.70. The van der Waals surface area contributed by atoms with Gasteiger partial charge in [-0.05, 0) is 57.1 Å². The number of halogens is 1. The number of hydrogen-bond acceptors (Lipinski definition) is 2. The van der Waals surface area contributed by atoms with Crippen LogP contribution in [0.2, 0.25) is 0 Å². The third-order valence-electron chi connectivity index (χ3n) is 3.82. The van der Waals surface area contributed by atoms with Gasteiger partial charge in [-0.2, -0.15) is 0 Å². The number of nitrogens with zero attached hydrogens (tertiary/aromatic N) is 1. The van der Waals surface area contributed by atoms with Crippen molar-refractivity contribution >= 4 is 15.9 Å². The van der Waals surface area contributed by atoms with Gasteiger partial charge in [-0.3, -0.25) is 0 Å². The molecule has 1 aromatic carbocycles. The normalized spacial score (nSPS) is 21.1. The molecule has 0 aliphatic carbocycles. The Bertz CT molecular complexity index is 350. The summed E-state index contributed by atoms with van der Waals surface area (Å²) in [5.41, 5.74) is 1.36. The van der Waals surface area contributed by atoms with Gasteiger partial charge in [0, 0.05) is 17.1 Å². The van der Waals surface area contributed by atoms with Crippen molar-refractivity contribution in [2.75, 3.05) is 20.1 Å². The van der Waals surface area contributed by atoms with E-state index < -0.39 is 0 Å². The molecular formula is C15H23BrN2. The Morgan fingerprint density at radius 3 is 2.78 bits per heavy atom. The maximum atomic E-state index is 3.55. The second-order valence-electron chi connectivity index (χ2n) is 5.22. The number of nitrogens with one attached hydrogen (secondary N) is 1. The third-order valence-corrected chi connectivity index (χ3v) is 4.35. The van der Waals surface area contributed by atoms with Crippen LogP contribution < -0.4 is 5.32 Å². The van der Waals surface area contributed by atoms with E-state index in [0.29, 0.717) is 0 Å². The molecule has 1 unspecified atom stereocenters. The Morgan fingerprint density at radius 2 is 2.06 bits per heavy atom. The molecule has 1 aliphatic heterocycles. The first-order chi connectivity index (χ1) is 8.75. The Balaban J connectivity index is 1.65. The number of piperidine rings is 1. The Hall–Kier alpha value is -0.380. The van der Waals surface area contributed by atoms with E-state index in [4.69, 9.17) is 0 Å². The lowest BCUT2D eigenvalue weighted by Gasteiger charge is -2.32. The fourth-order valence-electron chi connectivity index (χ4n) is 2.61. The summed E-state index contributed by atoms with van der Waals surface area (Å²) < 4.78 is 1.15. The molecule has 0 saturated carbocycles. The molecule has 0 bridgehead atoms. The van der Waals surface area contributed by atoms with Gasteiger partial charge in [0.15, 0.2) is 0 Å². The van der Waals surface area contributed by atoms with Gasteiger partial charge in [-0.15, -0.1) is 0 Å². The lowest BCUT2D eigenvalue weighted by molar-refractivity contribution is 0.175. The molecule has 2 nitrogen and oxygen atoms in total. The molecule has 1 heterocycles. The average molecular weight is 311 g/mol. The van der Waals surface area contributed by atoms with Gasteiger partial charge >= 0.3 is 0 Å². The zero-order valence-corrected chi connectivity index (χ0v) is 12.7. The molecule has 1 atom stereocenters. The summed E-state index contributed by atoms with van der Waals surface area (Å²) in [4.78, 5) is 2.52. The fraction of sp³-hybridized carbons (Fsp3) is 0.600. The first-order valence-electron chi connectivity index (χ1n) is 6.91. The Kier molecular flexibility index (Phi) is 5.67. The van der Waals surface area contributed by atoms with Crippen molar-refractivity contribution < 1.29 is 0 Å². The van der Waals surface area contributed by atoms with E-state index in [0.717, 1.165) is 23.6 Å². The van der Waals surface area contributed by atoms with E-state index in [1.807, 2.05) is 0 Å². The second kappa shape index (κ2) is 7.27. The highest BCUT2D eigenvalue weighted by Crippen LogP contribution is 2.17. The van der Waals surface area contributed by atoms with Gasteiger partial charge in [0.2, 0.25) is 0 Å². The highest BCUT2D eigenvalue weighted by Gasteiger charge is 2.17. The predicted octanol–water partition coefficient (Wildman–Crippen LogP) is 3.41. The molecule has 0 radical (unpaired) electrons. The van der Waals surface area contributed by atoms with Crippen LogP contribution in [0.4, 0.5) is 0 Å². The standard InChI is InChI=1S/C15H23BrN2/c1-18-11-3-2-4-15(18)9-10-17-12-13-5-7-14(16)8-6-13/h5-8,15,17H,2-4,9-12H2,1H3. The van der Waals surface area contributed by atoms with Crippen LogP contribution in [0.15, 0.2) is 28.7 Å². The largest absolute Gasteiger partial charge is 0.313 e. The van der Waals surface area contributed by atoms with Gasteiger partial charge < -0.3 is 10.2 Å². The summed E-state index contributed by atoms with van der Waals surface area (Å²) in [5.74, 6) is 0. The fourth-order valence-corrected chi connectivity index (χ4v) is 2.88. The molecule has 0 amide bonds. The molecule has 0 spiro atoms. The lowest BCUT2D eigenvalue weighted by atomic mass is 10.0. The van der Waals surface area contributed by atoms with Crippen molar-refractivity contribution in [2.45, 2.75) is 38.3 Å². The summed E-state index contributed by atoms with van der Waals surface area (Å²) >= 11 is 3.46. The van der Waals surface area contributed by atoms with Crippen molar-refractivity contribution in [3.63, 3.8) is 0 Å². The van der Waals surface area contributed by atoms with Crippen molar-refractivity contribution in [3.05, 3.63) is 34.3 Å². The second-order valence-corrected chi connectivity index (χ2v) is 6.14. The molecule has 100 valence electrons. The maximum Gasteiger partial charge on any atom is 0.0205 e. The van der Waals surface area contributed by atoms with E-state index in [1.54, 1.807) is 0 Å². The van der Waals surface area contributed by atoms with Crippen molar-refractivity contribution in [2.24, 2.45) is 0 Å². The van der Waals surface area contributed by atoms with Crippen LogP contribution in [0.25, 0.3) is 0 Å². The van der Waals surface area contributed by atoms with Crippen LogP contribution in [0, 0.1) is 0 Å². The number of likely N-dealkylation sites (tertiary alicyclic amines) is 1. The van der Waals surface area contributed by atoms with E-state index >= 15 is 0 Å². The number of hydrogen-bond donors (Lipinski definition) is 1. The van der Waals surface area contributed by atoms with Crippen molar-refractivity contribution in [1.29, 1.82) is 0 Å². The van der Waals surface area contributed by atoms with E-state index in [-0.39, 0.29) is 0 Å². The highest BCUT2D eigenvalue weighted by atomic mass is 79.9. The molecule has 0 aromatic heterocycles. The number of rotatable bonds is 5. The number of benzene rings is 1. The van der Waals surface area contributed by atoms with Crippen LogP contribution in [0.5, 0.6) is 0 Å². The smallest absolute Gasteiger partial charge is 0.0205 e. The lowest BCUT2D eigenvalue weighted by Crippen LogP contribution is -2.38. The van der Waals surface area contributed by atoms with Gasteiger partial charge in [0.05, 0.1) is 0 Å². The minimum Gasteiger partial charge on any atom is -0.313 e. The quantitative estimate of drug-likeness (QED) is 0.838. The van der Waals surface area contributed by atoms with Crippen molar-refractivity contribution in [1.82, 2.24) is 10.2 Å². The molecule has 1 fully saturated rings. The van der Waals surface area contributed by atoms with E-state index in [9.17, 15) is 0 Å². The van der Waals surface area contributed by atoms with Crippen LogP contribution >= 0.6 is 15.9 Å². The Labute approximate surface area is 119 Å². The van der Waals surface area contributed by atoms with Crippen LogP contribution in [-0.2, 0) is 6.54 Å². The Morgan fingerprint density at radius 1 is 1.28 bits per heavy atom. The average Bonchev–Trinajstić information content (AvgIpc) is 2.39. The maximum absolute atomic E-state index is 3.55. The molecule has 1 saturated heterocycles. The molecule has 1 aromatic rings. The minimum absolute atomic E-state index is 0.788. The summed E-state index contributed by atoms with van der Waals surface area (Å²) in [6.07, 6.45) is 5.42. The zero-order chi connectivity index (χ0) is 12.8. The molecule has 2 rings (SSSR count). The van der Waals surface area contributed by atoms with E-state index in [2.05, 4.69) is 57.5 Å². The predicted molar refractivity (Wildman–Crippen MR) is 80.7 cm³/mol. The monoisotopic (exact) mass is 310 g/mol. The highest BCUT2D eigenvalue weighted by molar-refractivity contribution is 9.10. The molecule has 18 heavy (non-hydrogen) atoms. The van der Waals surface area contributed by atoms with Crippen LogP contribution in [0.3, 0.4) is 0 Å². The summed E-state index contributed by atoms with van der Waals surface area (Å²) in [6.45, 7) is 3.37. The van der Waals surface area contributed by atoms with Gasteiger partial charge in [-0.1, -0.05) is 34.5 Å². The van der Waals surface area contributed by atoms with Gasteiger partial charge in [0.25, 0.3) is 0 Å². The summed E-state index contributed by atoms with van der Waals surface area (Å²) in [7, 11) is 2.26. The van der Waals surface area contributed by atoms with Gasteiger partial charge in [-0.25, -0.2) is 0 Å². The summed E-state index contributed by atoms with van der Waals surface area (Å²) in [6, 6.07) is 9.34. The summed E-state index contributed by atoms with van der Waals surface area (Å²) in [5, 5.41) is 3.55. The molecule has 1 N–H and O–H groups in total. The zero-order valence-electron chi connectivity index (χ0n) is 11.2. The topological polar surface area (TPSA) is 15.3 Å². The van der Waals surface area contributed by atoms with E-state index in [1.165, 1.54) is 37.8 Å². The van der Waals surface area contributed by atoms with Gasteiger partial charge in [0.1, 0.15) is 0 Å². The third kappa shape index (κ3) is 4.38. The minimum atomic E-state index is 0.788. The van der Waals surface area contributed by atoms with Crippen molar-refractivity contribution in [3.8, 4) is 0 Å². The molecule has 1 aliphatic rings. The molecule has 3 heteroatoms. The first kappa shape index (κ1) is 14.0. The van der Waals surface area contributed by atoms with Crippen LogP contribution in [-0.4, -0.2) is 31.1 Å². The van der Waals surface area contributed by atoms with Crippen LogP contribution in [0.1, 0.15) is 31.2 Å².